The third kappa shape index (κ3) is 2.58. The Balaban J connectivity index is 2.09. The van der Waals surface area contributed by atoms with Gasteiger partial charge in [-0.3, -0.25) is 4.79 Å². The van der Waals surface area contributed by atoms with Crippen molar-refractivity contribution in [1.29, 1.82) is 0 Å². The summed E-state index contributed by atoms with van der Waals surface area (Å²) in [5.74, 6) is -0.861. The van der Waals surface area contributed by atoms with Crippen molar-refractivity contribution in [2.45, 2.75) is 64.6 Å². The van der Waals surface area contributed by atoms with E-state index in [-0.39, 0.29) is 17.3 Å². The van der Waals surface area contributed by atoms with Crippen molar-refractivity contribution >= 4 is 18.5 Å². The zero-order chi connectivity index (χ0) is 17.2. The number of halogens is 1. The van der Waals surface area contributed by atoms with Crippen LogP contribution in [0.1, 0.15) is 67.9 Å². The summed E-state index contributed by atoms with van der Waals surface area (Å²) < 4.78 is 26.9. The topological polar surface area (TPSA) is 61.6 Å². The van der Waals surface area contributed by atoms with Gasteiger partial charge in [0.05, 0.1) is 11.2 Å². The fraction of sp³-hybridized carbons (Fsp3) is 0.588. The van der Waals surface area contributed by atoms with Crippen LogP contribution in [0, 0.1) is 12.7 Å². The zero-order valence-electron chi connectivity index (χ0n) is 14.3. The van der Waals surface area contributed by atoms with Crippen LogP contribution in [-0.2, 0) is 9.31 Å². The fourth-order valence-corrected chi connectivity index (χ4v) is 2.98. The first-order valence-corrected chi connectivity index (χ1v) is 8.03. The van der Waals surface area contributed by atoms with Gasteiger partial charge in [-0.2, -0.15) is 0 Å². The molecule has 23 heavy (non-hydrogen) atoms. The Hall–Kier alpha value is -1.40. The molecule has 1 aliphatic carbocycles. The lowest BCUT2D eigenvalue weighted by molar-refractivity contribution is 0.00578. The maximum absolute atomic E-state index is 14.9. The first-order valence-electron chi connectivity index (χ1n) is 8.03. The van der Waals surface area contributed by atoms with E-state index in [0.29, 0.717) is 16.6 Å². The number of amides is 1. The van der Waals surface area contributed by atoms with Crippen LogP contribution in [0.15, 0.2) is 6.07 Å². The molecule has 1 saturated heterocycles. The monoisotopic (exact) mass is 319 g/mol. The lowest BCUT2D eigenvalue weighted by Crippen LogP contribution is -2.41. The minimum absolute atomic E-state index is 0.101. The van der Waals surface area contributed by atoms with E-state index in [1.54, 1.807) is 13.0 Å². The Bertz CT molecular complexity index is 667. The highest BCUT2D eigenvalue weighted by Crippen LogP contribution is 2.44. The highest BCUT2D eigenvalue weighted by atomic mass is 19.1. The molecule has 1 aromatic rings. The number of hydrogen-bond donors (Lipinski definition) is 1. The molecule has 1 saturated carbocycles. The number of benzene rings is 1. The van der Waals surface area contributed by atoms with Crippen LogP contribution in [0.5, 0.6) is 0 Å². The number of carbonyl (C=O) groups is 1. The SMILES string of the molecule is Cc1c(B2OC(C)(C)C(C)(C)O2)cc(C(N)=O)c(C2CC2)c1F. The Morgan fingerprint density at radius 1 is 1.26 bits per heavy atom. The van der Waals surface area contributed by atoms with Gasteiger partial charge in [-0.1, -0.05) is 0 Å². The molecule has 1 aliphatic heterocycles. The molecule has 2 aliphatic rings. The van der Waals surface area contributed by atoms with E-state index in [1.165, 1.54) is 0 Å². The molecule has 0 unspecified atom stereocenters. The first kappa shape index (κ1) is 16.5. The fourth-order valence-electron chi connectivity index (χ4n) is 2.98. The maximum Gasteiger partial charge on any atom is 0.495 e. The Morgan fingerprint density at radius 3 is 2.22 bits per heavy atom. The van der Waals surface area contributed by atoms with Crippen molar-refractivity contribution in [3.63, 3.8) is 0 Å². The van der Waals surface area contributed by atoms with Gasteiger partial charge in [0.2, 0.25) is 5.91 Å². The van der Waals surface area contributed by atoms with Crippen LogP contribution >= 0.6 is 0 Å². The van der Waals surface area contributed by atoms with Crippen molar-refractivity contribution in [3.8, 4) is 0 Å². The molecule has 1 amide bonds. The third-order valence-electron chi connectivity index (χ3n) is 5.35. The molecule has 2 N–H and O–H groups in total. The average Bonchev–Trinajstić information content (AvgIpc) is 3.20. The second-order valence-corrected chi connectivity index (χ2v) is 7.59. The van der Waals surface area contributed by atoms with E-state index in [9.17, 15) is 9.18 Å². The molecule has 0 aromatic heterocycles. The number of rotatable bonds is 3. The Kier molecular flexibility index (Phi) is 3.61. The van der Waals surface area contributed by atoms with Crippen molar-refractivity contribution in [3.05, 3.63) is 28.6 Å². The molecular formula is C17H23BFNO3. The molecule has 1 heterocycles. The van der Waals surface area contributed by atoms with Crippen molar-refractivity contribution in [2.24, 2.45) is 5.73 Å². The summed E-state index contributed by atoms with van der Waals surface area (Å²) in [7, 11) is -0.708. The normalized spacial score (nSPS) is 22.4. The zero-order valence-corrected chi connectivity index (χ0v) is 14.3. The minimum atomic E-state index is -0.708. The second kappa shape index (κ2) is 5.05. The standard InChI is InChI=1S/C17H23BFNO3/c1-9-12(18-22-16(2,3)17(4,5)23-18)8-11(15(20)21)13(14(9)19)10-6-7-10/h8,10H,6-7H2,1-5H3,(H2,20,21). The van der Waals surface area contributed by atoms with Gasteiger partial charge in [-0.05, 0) is 70.5 Å². The summed E-state index contributed by atoms with van der Waals surface area (Å²) in [5.41, 5.74) is 6.15. The van der Waals surface area contributed by atoms with Gasteiger partial charge in [0.25, 0.3) is 0 Å². The number of nitrogens with two attached hydrogens (primary N) is 1. The lowest BCUT2D eigenvalue weighted by Gasteiger charge is -2.32. The van der Waals surface area contributed by atoms with E-state index in [2.05, 4.69) is 0 Å². The lowest BCUT2D eigenvalue weighted by atomic mass is 9.74. The molecule has 0 bridgehead atoms. The van der Waals surface area contributed by atoms with Gasteiger partial charge in [0, 0.05) is 11.1 Å². The summed E-state index contributed by atoms with van der Waals surface area (Å²) in [6.45, 7) is 9.45. The maximum atomic E-state index is 14.9. The van der Waals surface area contributed by atoms with Crippen molar-refractivity contribution in [1.82, 2.24) is 0 Å². The van der Waals surface area contributed by atoms with Gasteiger partial charge < -0.3 is 15.0 Å². The van der Waals surface area contributed by atoms with Crippen molar-refractivity contribution < 1.29 is 18.5 Å². The van der Waals surface area contributed by atoms with Crippen LogP contribution < -0.4 is 11.2 Å². The van der Waals surface area contributed by atoms with Gasteiger partial charge in [-0.15, -0.1) is 0 Å². The summed E-state index contributed by atoms with van der Waals surface area (Å²) in [5, 5.41) is 0. The molecule has 1 aromatic carbocycles. The van der Waals surface area contributed by atoms with E-state index >= 15 is 0 Å². The minimum Gasteiger partial charge on any atom is -0.399 e. The summed E-state index contributed by atoms with van der Waals surface area (Å²) >= 11 is 0. The highest BCUT2D eigenvalue weighted by molar-refractivity contribution is 6.62. The quantitative estimate of drug-likeness (QED) is 0.870. The van der Waals surface area contributed by atoms with Gasteiger partial charge in [0.1, 0.15) is 5.82 Å². The molecule has 4 nitrogen and oxygen atoms in total. The second-order valence-electron chi connectivity index (χ2n) is 7.59. The molecule has 2 fully saturated rings. The molecule has 124 valence electrons. The molecular weight excluding hydrogens is 296 g/mol. The largest absolute Gasteiger partial charge is 0.495 e. The van der Waals surface area contributed by atoms with Crippen molar-refractivity contribution in [2.75, 3.05) is 0 Å². The van der Waals surface area contributed by atoms with Crippen LogP contribution in [0.4, 0.5) is 4.39 Å². The Labute approximate surface area is 136 Å². The van der Waals surface area contributed by atoms with E-state index in [0.717, 1.165) is 12.8 Å². The molecule has 3 rings (SSSR count). The van der Waals surface area contributed by atoms with E-state index in [4.69, 9.17) is 15.0 Å². The van der Waals surface area contributed by atoms with E-state index < -0.39 is 24.2 Å². The number of hydrogen-bond acceptors (Lipinski definition) is 3. The number of carbonyl (C=O) groups excluding carboxylic acids is 1. The summed E-state index contributed by atoms with van der Waals surface area (Å²) in [4.78, 5) is 11.8. The average molecular weight is 319 g/mol. The van der Waals surface area contributed by atoms with Crippen LogP contribution in [0.2, 0.25) is 0 Å². The first-order chi connectivity index (χ1) is 10.5. The summed E-state index contributed by atoms with van der Waals surface area (Å²) in [6.07, 6.45) is 1.79. The summed E-state index contributed by atoms with van der Waals surface area (Å²) in [6, 6.07) is 1.65. The smallest absolute Gasteiger partial charge is 0.399 e. The number of primary amides is 1. The molecule has 0 spiro atoms. The van der Waals surface area contributed by atoms with Gasteiger partial charge in [0.15, 0.2) is 0 Å². The van der Waals surface area contributed by atoms with Crippen LogP contribution in [0.3, 0.4) is 0 Å². The Morgan fingerprint density at radius 2 is 1.78 bits per heavy atom. The van der Waals surface area contributed by atoms with Gasteiger partial charge in [-0.25, -0.2) is 4.39 Å². The van der Waals surface area contributed by atoms with Gasteiger partial charge >= 0.3 is 7.12 Å². The highest BCUT2D eigenvalue weighted by Gasteiger charge is 2.52. The molecule has 0 radical (unpaired) electrons. The van der Waals surface area contributed by atoms with E-state index in [1.807, 2.05) is 27.7 Å². The van der Waals surface area contributed by atoms with Crippen LogP contribution in [0.25, 0.3) is 0 Å². The molecule has 6 heteroatoms. The third-order valence-corrected chi connectivity index (χ3v) is 5.35. The van der Waals surface area contributed by atoms with Crippen LogP contribution in [-0.4, -0.2) is 24.2 Å². The predicted octanol–water partition coefficient (Wildman–Crippen LogP) is 2.41. The molecule has 0 atom stereocenters. The predicted molar refractivity (Wildman–Crippen MR) is 87.3 cm³/mol.